The van der Waals surface area contributed by atoms with Crippen LogP contribution in [-0.2, 0) is 22.6 Å². The third-order valence-electron chi connectivity index (χ3n) is 3.73. The second-order valence-electron chi connectivity index (χ2n) is 5.55. The monoisotopic (exact) mass is 371 g/mol. The number of fused-ring (bicyclic) bond motifs is 1. The Morgan fingerprint density at radius 1 is 1.23 bits per heavy atom. The molecule has 0 fully saturated rings. The van der Waals surface area contributed by atoms with Gasteiger partial charge in [-0.05, 0) is 12.1 Å². The van der Waals surface area contributed by atoms with Crippen LogP contribution >= 0.6 is 11.3 Å². The fourth-order valence-corrected chi connectivity index (χ4v) is 3.09. The molecule has 0 saturated carbocycles. The fourth-order valence-electron chi connectivity index (χ4n) is 2.37. The van der Waals surface area contributed by atoms with Crippen molar-refractivity contribution < 1.29 is 9.59 Å². The molecular weight excluding hydrogens is 354 g/mol. The number of amides is 2. The summed E-state index contributed by atoms with van der Waals surface area (Å²) in [6, 6.07) is 7.08. The molecule has 0 aliphatic heterocycles. The van der Waals surface area contributed by atoms with E-state index in [-0.39, 0.29) is 36.8 Å². The zero-order valence-electron chi connectivity index (χ0n) is 14.1. The van der Waals surface area contributed by atoms with Crippen LogP contribution in [0.3, 0.4) is 0 Å². The van der Waals surface area contributed by atoms with Crippen molar-refractivity contribution in [3.63, 3.8) is 0 Å². The van der Waals surface area contributed by atoms with E-state index in [9.17, 15) is 14.4 Å². The molecule has 0 saturated heterocycles. The minimum absolute atomic E-state index is 0.115. The molecular formula is C17H17N5O3S. The predicted octanol–water partition coefficient (Wildman–Crippen LogP) is 1.17. The van der Waals surface area contributed by atoms with E-state index in [0.29, 0.717) is 21.7 Å². The molecule has 134 valence electrons. The van der Waals surface area contributed by atoms with Gasteiger partial charge in [0.25, 0.3) is 5.56 Å². The van der Waals surface area contributed by atoms with E-state index in [1.54, 1.807) is 30.6 Å². The van der Waals surface area contributed by atoms with Gasteiger partial charge in [0.15, 0.2) is 5.13 Å². The molecule has 0 radical (unpaired) electrons. The van der Waals surface area contributed by atoms with Crippen molar-refractivity contribution in [3.05, 3.63) is 52.0 Å². The summed E-state index contributed by atoms with van der Waals surface area (Å²) < 4.78 is 1.42. The number of carbonyl (C=O) groups is 2. The van der Waals surface area contributed by atoms with E-state index in [1.165, 1.54) is 22.2 Å². The minimum Gasteiger partial charge on any atom is -0.359 e. The number of nitrogens with zero attached hydrogens (tertiary/aromatic N) is 3. The van der Waals surface area contributed by atoms with Crippen LogP contribution in [0.1, 0.15) is 12.1 Å². The normalized spacial score (nSPS) is 10.7. The number of hydrogen-bond donors (Lipinski definition) is 2. The fraction of sp³-hybridized carbons (Fsp3) is 0.235. The van der Waals surface area contributed by atoms with Gasteiger partial charge in [-0.3, -0.25) is 19.0 Å². The van der Waals surface area contributed by atoms with Gasteiger partial charge in [0.05, 0.1) is 29.3 Å². The van der Waals surface area contributed by atoms with Gasteiger partial charge < -0.3 is 10.6 Å². The van der Waals surface area contributed by atoms with Gasteiger partial charge in [0.2, 0.25) is 11.8 Å². The highest BCUT2D eigenvalue weighted by Gasteiger charge is 2.10. The lowest BCUT2D eigenvalue weighted by molar-refractivity contribution is -0.120. The SMILES string of the molecule is CNC(=O)Cc1csc(NC(=O)CCn2cnc3ccccc3c2=O)n1. The van der Waals surface area contributed by atoms with Crippen LogP contribution in [-0.4, -0.2) is 33.4 Å². The molecule has 3 rings (SSSR count). The number of carbonyl (C=O) groups excluding carboxylic acids is 2. The summed E-state index contributed by atoms with van der Waals surface area (Å²) in [5.41, 5.74) is 1.05. The van der Waals surface area contributed by atoms with E-state index in [1.807, 2.05) is 6.07 Å². The lowest BCUT2D eigenvalue weighted by atomic mass is 10.2. The molecule has 2 amide bonds. The lowest BCUT2D eigenvalue weighted by Crippen LogP contribution is -2.23. The first-order valence-corrected chi connectivity index (χ1v) is 8.84. The number of rotatable bonds is 6. The van der Waals surface area contributed by atoms with Gasteiger partial charge in [-0.1, -0.05) is 12.1 Å². The molecule has 1 aromatic carbocycles. The quantitative estimate of drug-likeness (QED) is 0.677. The summed E-state index contributed by atoms with van der Waals surface area (Å²) in [4.78, 5) is 44.2. The zero-order chi connectivity index (χ0) is 18.5. The Labute approximate surface area is 152 Å². The minimum atomic E-state index is -0.258. The Morgan fingerprint density at radius 3 is 2.85 bits per heavy atom. The molecule has 3 aromatic rings. The Bertz CT molecular complexity index is 1010. The highest BCUT2D eigenvalue weighted by atomic mass is 32.1. The number of thiazole rings is 1. The molecule has 0 atom stereocenters. The molecule has 26 heavy (non-hydrogen) atoms. The van der Waals surface area contributed by atoms with Crippen molar-refractivity contribution in [2.45, 2.75) is 19.4 Å². The molecule has 0 spiro atoms. The number of aryl methyl sites for hydroxylation is 1. The molecule has 2 N–H and O–H groups in total. The highest BCUT2D eigenvalue weighted by molar-refractivity contribution is 7.13. The van der Waals surface area contributed by atoms with Crippen LogP contribution in [0.15, 0.2) is 40.8 Å². The Morgan fingerprint density at radius 2 is 2.04 bits per heavy atom. The second kappa shape index (κ2) is 7.87. The number of aromatic nitrogens is 3. The average molecular weight is 371 g/mol. The highest BCUT2D eigenvalue weighted by Crippen LogP contribution is 2.16. The first-order valence-electron chi connectivity index (χ1n) is 7.96. The zero-order valence-corrected chi connectivity index (χ0v) is 14.9. The van der Waals surface area contributed by atoms with Gasteiger partial charge in [0, 0.05) is 25.4 Å². The van der Waals surface area contributed by atoms with Crippen molar-refractivity contribution in [2.24, 2.45) is 0 Å². The van der Waals surface area contributed by atoms with Crippen molar-refractivity contribution in [1.29, 1.82) is 0 Å². The Balaban J connectivity index is 1.60. The van der Waals surface area contributed by atoms with E-state index < -0.39 is 0 Å². The molecule has 8 nitrogen and oxygen atoms in total. The summed E-state index contributed by atoms with van der Waals surface area (Å²) in [5, 5.41) is 7.88. The number of likely N-dealkylation sites (N-methyl/N-ethyl adjacent to an activating group) is 1. The maximum absolute atomic E-state index is 12.4. The number of para-hydroxylation sites is 1. The first kappa shape index (κ1) is 17.7. The van der Waals surface area contributed by atoms with Gasteiger partial charge in [-0.2, -0.15) is 0 Å². The maximum atomic E-state index is 12.4. The van der Waals surface area contributed by atoms with Crippen LogP contribution in [0.4, 0.5) is 5.13 Å². The number of hydrogen-bond acceptors (Lipinski definition) is 6. The third-order valence-corrected chi connectivity index (χ3v) is 4.54. The van der Waals surface area contributed by atoms with Gasteiger partial charge in [-0.15, -0.1) is 11.3 Å². The standard InChI is InChI=1S/C17H17N5O3S/c1-18-15(24)8-11-9-26-17(20-11)21-14(23)6-7-22-10-19-13-5-3-2-4-12(13)16(22)25/h2-5,9-10H,6-8H2,1H3,(H,18,24)(H,20,21,23). The van der Waals surface area contributed by atoms with Crippen LogP contribution in [0.25, 0.3) is 10.9 Å². The Kier molecular flexibility index (Phi) is 5.37. The van der Waals surface area contributed by atoms with Crippen molar-refractivity contribution in [2.75, 3.05) is 12.4 Å². The van der Waals surface area contributed by atoms with Crippen molar-refractivity contribution in [3.8, 4) is 0 Å². The molecule has 2 heterocycles. The number of nitrogens with one attached hydrogen (secondary N) is 2. The third kappa shape index (κ3) is 4.12. The topological polar surface area (TPSA) is 106 Å². The van der Waals surface area contributed by atoms with Crippen molar-refractivity contribution in [1.82, 2.24) is 19.9 Å². The van der Waals surface area contributed by atoms with Crippen LogP contribution in [0.5, 0.6) is 0 Å². The van der Waals surface area contributed by atoms with Crippen LogP contribution in [0.2, 0.25) is 0 Å². The first-order chi connectivity index (χ1) is 12.6. The van der Waals surface area contributed by atoms with E-state index in [2.05, 4.69) is 20.6 Å². The second-order valence-corrected chi connectivity index (χ2v) is 6.41. The summed E-state index contributed by atoms with van der Waals surface area (Å²) >= 11 is 1.25. The summed E-state index contributed by atoms with van der Waals surface area (Å²) in [6.07, 6.45) is 1.73. The van der Waals surface area contributed by atoms with E-state index in [0.717, 1.165) is 0 Å². The van der Waals surface area contributed by atoms with Gasteiger partial charge >= 0.3 is 0 Å². The largest absolute Gasteiger partial charge is 0.359 e. The number of anilines is 1. The van der Waals surface area contributed by atoms with Crippen LogP contribution in [0, 0.1) is 0 Å². The smallest absolute Gasteiger partial charge is 0.261 e. The van der Waals surface area contributed by atoms with E-state index >= 15 is 0 Å². The summed E-state index contributed by atoms with van der Waals surface area (Å²) in [7, 11) is 1.56. The molecule has 0 bridgehead atoms. The van der Waals surface area contributed by atoms with Crippen LogP contribution < -0.4 is 16.2 Å². The molecule has 0 aliphatic carbocycles. The molecule has 2 aromatic heterocycles. The molecule has 9 heteroatoms. The molecule has 0 aliphatic rings. The number of benzene rings is 1. The Hall–Kier alpha value is -3.07. The van der Waals surface area contributed by atoms with E-state index in [4.69, 9.17) is 0 Å². The maximum Gasteiger partial charge on any atom is 0.261 e. The van der Waals surface area contributed by atoms with Crippen molar-refractivity contribution >= 4 is 39.2 Å². The average Bonchev–Trinajstić information content (AvgIpc) is 3.08. The lowest BCUT2D eigenvalue weighted by Gasteiger charge is -2.06. The van der Waals surface area contributed by atoms with Gasteiger partial charge in [-0.25, -0.2) is 9.97 Å². The van der Waals surface area contributed by atoms with Gasteiger partial charge in [0.1, 0.15) is 0 Å². The summed E-state index contributed by atoms with van der Waals surface area (Å²) in [5.74, 6) is -0.401. The summed E-state index contributed by atoms with van der Waals surface area (Å²) in [6.45, 7) is 0.221. The molecule has 0 unspecified atom stereocenters. The predicted molar refractivity (Wildman–Crippen MR) is 99.1 cm³/mol.